The lowest BCUT2D eigenvalue weighted by Crippen LogP contribution is -2.25. The van der Waals surface area contributed by atoms with Crippen molar-refractivity contribution in [2.45, 2.75) is 64.8 Å². The third kappa shape index (κ3) is 3.92. The zero-order valence-electron chi connectivity index (χ0n) is 13.0. The first kappa shape index (κ1) is 15.2. The number of hydrogen-bond donors (Lipinski definition) is 1. The van der Waals surface area contributed by atoms with Gasteiger partial charge in [-0.3, -0.25) is 4.98 Å². The minimum absolute atomic E-state index is 0.394. The fraction of sp³-hybridized carbons (Fsp3) is 0.611. The van der Waals surface area contributed by atoms with Crippen LogP contribution in [0.1, 0.15) is 69.5 Å². The van der Waals surface area contributed by atoms with Crippen molar-refractivity contribution in [1.82, 2.24) is 10.3 Å². The molecule has 0 spiro atoms. The van der Waals surface area contributed by atoms with E-state index in [0.717, 1.165) is 13.0 Å². The Morgan fingerprint density at radius 3 is 2.95 bits per heavy atom. The number of allylic oxidation sites excluding steroid dienone is 1. The predicted octanol–water partition coefficient (Wildman–Crippen LogP) is 4.58. The maximum atomic E-state index is 4.30. The summed E-state index contributed by atoms with van der Waals surface area (Å²) in [6.45, 7) is 5.53. The predicted molar refractivity (Wildman–Crippen MR) is 85.8 cm³/mol. The van der Waals surface area contributed by atoms with Crippen molar-refractivity contribution in [3.63, 3.8) is 0 Å². The standard InChI is InChI=1S/C18H28N2/c1-3-12-20-18(16-9-7-5-6-8-10-16)17-11-13-19-14-15(17)4-2/h9,11,13-14,18,20H,3-8,10,12H2,1-2H3. The molecular weight excluding hydrogens is 244 g/mol. The van der Waals surface area contributed by atoms with E-state index in [1.807, 2.05) is 12.4 Å². The number of nitrogens with zero attached hydrogens (tertiary/aromatic N) is 1. The second-order valence-corrected chi connectivity index (χ2v) is 5.69. The van der Waals surface area contributed by atoms with Crippen molar-refractivity contribution >= 4 is 0 Å². The average molecular weight is 272 g/mol. The lowest BCUT2D eigenvalue weighted by molar-refractivity contribution is 0.563. The molecule has 0 saturated heterocycles. The molecule has 0 bridgehead atoms. The first-order valence-electron chi connectivity index (χ1n) is 8.21. The number of rotatable bonds is 6. The third-order valence-corrected chi connectivity index (χ3v) is 4.18. The quantitative estimate of drug-likeness (QED) is 0.767. The van der Waals surface area contributed by atoms with Gasteiger partial charge < -0.3 is 5.32 Å². The zero-order valence-corrected chi connectivity index (χ0v) is 13.0. The molecule has 0 aliphatic heterocycles. The summed E-state index contributed by atoms with van der Waals surface area (Å²) in [5, 5.41) is 3.76. The molecule has 1 heterocycles. The average Bonchev–Trinajstić information content (AvgIpc) is 2.77. The van der Waals surface area contributed by atoms with E-state index in [9.17, 15) is 0 Å². The van der Waals surface area contributed by atoms with Gasteiger partial charge in [-0.15, -0.1) is 0 Å². The van der Waals surface area contributed by atoms with E-state index in [1.165, 1.54) is 49.7 Å². The van der Waals surface area contributed by atoms with Gasteiger partial charge in [0.05, 0.1) is 6.04 Å². The van der Waals surface area contributed by atoms with E-state index in [2.05, 4.69) is 36.3 Å². The lowest BCUT2D eigenvalue weighted by Gasteiger charge is -2.24. The zero-order chi connectivity index (χ0) is 14.2. The van der Waals surface area contributed by atoms with E-state index >= 15 is 0 Å². The Morgan fingerprint density at radius 1 is 1.25 bits per heavy atom. The first-order chi connectivity index (χ1) is 9.86. The van der Waals surface area contributed by atoms with Crippen molar-refractivity contribution < 1.29 is 0 Å². The minimum Gasteiger partial charge on any atom is -0.307 e. The Morgan fingerprint density at radius 2 is 2.15 bits per heavy atom. The van der Waals surface area contributed by atoms with E-state index in [-0.39, 0.29) is 0 Å². The van der Waals surface area contributed by atoms with Crippen molar-refractivity contribution in [1.29, 1.82) is 0 Å². The van der Waals surface area contributed by atoms with Crippen molar-refractivity contribution in [3.8, 4) is 0 Å². The Hall–Kier alpha value is -1.15. The Balaban J connectivity index is 2.28. The number of nitrogens with one attached hydrogen (secondary N) is 1. The molecule has 2 rings (SSSR count). The summed E-state index contributed by atoms with van der Waals surface area (Å²) in [4.78, 5) is 4.30. The fourth-order valence-corrected chi connectivity index (χ4v) is 3.05. The van der Waals surface area contributed by atoms with Gasteiger partial charge in [-0.1, -0.05) is 31.9 Å². The first-order valence-corrected chi connectivity index (χ1v) is 8.21. The van der Waals surface area contributed by atoms with Crippen molar-refractivity contribution in [2.24, 2.45) is 0 Å². The molecule has 1 unspecified atom stereocenters. The van der Waals surface area contributed by atoms with Gasteiger partial charge in [0.1, 0.15) is 0 Å². The highest BCUT2D eigenvalue weighted by Crippen LogP contribution is 2.31. The van der Waals surface area contributed by atoms with Crippen LogP contribution in [0.4, 0.5) is 0 Å². The summed E-state index contributed by atoms with van der Waals surface area (Å²) in [5.41, 5.74) is 4.41. The molecule has 2 heteroatoms. The van der Waals surface area contributed by atoms with Gasteiger partial charge in [-0.2, -0.15) is 0 Å². The largest absolute Gasteiger partial charge is 0.307 e. The molecular formula is C18H28N2. The summed E-state index contributed by atoms with van der Waals surface area (Å²) in [5.74, 6) is 0. The Bertz CT molecular complexity index is 437. The van der Waals surface area contributed by atoms with Crippen LogP contribution in [0.2, 0.25) is 0 Å². The lowest BCUT2D eigenvalue weighted by atomic mass is 9.92. The molecule has 1 aliphatic rings. The van der Waals surface area contributed by atoms with Gasteiger partial charge in [0.15, 0.2) is 0 Å². The van der Waals surface area contributed by atoms with Crippen molar-refractivity contribution in [2.75, 3.05) is 6.54 Å². The second kappa shape index (κ2) is 8.21. The van der Waals surface area contributed by atoms with Crippen LogP contribution in [0, 0.1) is 0 Å². The molecule has 1 aromatic rings. The second-order valence-electron chi connectivity index (χ2n) is 5.69. The van der Waals surface area contributed by atoms with Crippen LogP contribution in [-0.2, 0) is 6.42 Å². The minimum atomic E-state index is 0.394. The summed E-state index contributed by atoms with van der Waals surface area (Å²) in [7, 11) is 0. The van der Waals surface area contributed by atoms with Crippen LogP contribution in [0.15, 0.2) is 30.1 Å². The van der Waals surface area contributed by atoms with Gasteiger partial charge in [0, 0.05) is 12.4 Å². The monoisotopic (exact) mass is 272 g/mol. The number of aryl methyl sites for hydroxylation is 1. The van der Waals surface area contributed by atoms with Crippen LogP contribution in [0.25, 0.3) is 0 Å². The van der Waals surface area contributed by atoms with Gasteiger partial charge in [-0.05, 0) is 62.3 Å². The molecule has 0 fully saturated rings. The summed E-state index contributed by atoms with van der Waals surface area (Å²) < 4.78 is 0. The van der Waals surface area contributed by atoms with E-state index in [0.29, 0.717) is 6.04 Å². The molecule has 1 aromatic heterocycles. The molecule has 1 atom stereocenters. The molecule has 2 nitrogen and oxygen atoms in total. The van der Waals surface area contributed by atoms with E-state index < -0.39 is 0 Å². The molecule has 1 aliphatic carbocycles. The highest BCUT2D eigenvalue weighted by Gasteiger charge is 2.19. The summed E-state index contributed by atoms with van der Waals surface area (Å²) in [6.07, 6.45) is 15.2. The number of pyridine rings is 1. The topological polar surface area (TPSA) is 24.9 Å². The maximum Gasteiger partial charge on any atom is 0.0539 e. The third-order valence-electron chi connectivity index (χ3n) is 4.18. The van der Waals surface area contributed by atoms with Gasteiger partial charge >= 0.3 is 0 Å². The van der Waals surface area contributed by atoms with E-state index in [4.69, 9.17) is 0 Å². The highest BCUT2D eigenvalue weighted by atomic mass is 14.9. The van der Waals surface area contributed by atoms with Gasteiger partial charge in [0.2, 0.25) is 0 Å². The van der Waals surface area contributed by atoms with Crippen molar-refractivity contribution in [3.05, 3.63) is 41.2 Å². The SMILES string of the molecule is CCCNC(C1=CCCCCC1)c1ccncc1CC. The van der Waals surface area contributed by atoms with Crippen LogP contribution in [0.5, 0.6) is 0 Å². The highest BCUT2D eigenvalue weighted by molar-refractivity contribution is 5.34. The van der Waals surface area contributed by atoms with Gasteiger partial charge in [0.25, 0.3) is 0 Å². The number of aromatic nitrogens is 1. The van der Waals surface area contributed by atoms with Gasteiger partial charge in [-0.25, -0.2) is 0 Å². The van der Waals surface area contributed by atoms with Crippen LogP contribution in [-0.4, -0.2) is 11.5 Å². The van der Waals surface area contributed by atoms with Crippen LogP contribution >= 0.6 is 0 Å². The molecule has 0 aromatic carbocycles. The molecule has 0 radical (unpaired) electrons. The molecule has 110 valence electrons. The smallest absolute Gasteiger partial charge is 0.0539 e. The molecule has 20 heavy (non-hydrogen) atoms. The summed E-state index contributed by atoms with van der Waals surface area (Å²) in [6, 6.07) is 2.60. The van der Waals surface area contributed by atoms with E-state index in [1.54, 1.807) is 5.57 Å². The van der Waals surface area contributed by atoms with Crippen LogP contribution < -0.4 is 5.32 Å². The fourth-order valence-electron chi connectivity index (χ4n) is 3.05. The molecule has 1 N–H and O–H groups in total. The van der Waals surface area contributed by atoms with Crippen LogP contribution in [0.3, 0.4) is 0 Å². The Labute approximate surface area is 123 Å². The maximum absolute atomic E-state index is 4.30. The summed E-state index contributed by atoms with van der Waals surface area (Å²) >= 11 is 0. The molecule has 0 saturated carbocycles. The Kier molecular flexibility index (Phi) is 6.25. The number of hydrogen-bond acceptors (Lipinski definition) is 2. The normalized spacial score (nSPS) is 17.4. The molecule has 0 amide bonds.